The minimum Gasteiger partial charge on any atom is -0.486 e. The molecule has 0 fully saturated rings. The minimum absolute atomic E-state index is 0.0253. The van der Waals surface area contributed by atoms with Crippen LogP contribution < -0.4 is 31.2 Å². The van der Waals surface area contributed by atoms with Gasteiger partial charge < -0.3 is 9.47 Å². The van der Waals surface area contributed by atoms with Crippen molar-refractivity contribution < 1.29 is 9.47 Å². The van der Waals surface area contributed by atoms with Crippen LogP contribution in [0.4, 0.5) is 0 Å². The van der Waals surface area contributed by atoms with Crippen LogP contribution in [0.3, 0.4) is 0 Å². The Morgan fingerprint density at radius 1 is 0.474 bits per heavy atom. The Hall–Kier alpha value is -4.58. The Bertz CT molecular complexity index is 1880. The fraction of sp³-hybridized carbons (Fsp3) is 0.188. The normalized spacial score (nSPS) is 11.5. The smallest absolute Gasteiger partial charge is 0.229 e. The van der Waals surface area contributed by atoms with Gasteiger partial charge in [-0.05, 0) is 51.0 Å². The molecule has 0 aliphatic heterocycles. The first-order valence-electron chi connectivity index (χ1n) is 12.5. The Morgan fingerprint density at radius 2 is 0.868 bits per heavy atom. The lowest BCUT2D eigenvalue weighted by atomic mass is 9.92. The molecule has 6 heteroatoms. The highest BCUT2D eigenvalue weighted by Gasteiger charge is 2.27. The van der Waals surface area contributed by atoms with E-state index in [1.165, 1.54) is 12.1 Å². The summed E-state index contributed by atoms with van der Waals surface area (Å²) in [6.07, 6.45) is -0.782. The molecule has 0 N–H and O–H groups in total. The van der Waals surface area contributed by atoms with Crippen LogP contribution in [0.15, 0.2) is 92.0 Å². The lowest BCUT2D eigenvalue weighted by Gasteiger charge is -2.17. The Labute approximate surface area is 218 Å². The van der Waals surface area contributed by atoms with E-state index in [9.17, 15) is 19.2 Å². The molecule has 0 bridgehead atoms. The van der Waals surface area contributed by atoms with E-state index in [1.54, 1.807) is 82.3 Å². The van der Waals surface area contributed by atoms with E-state index >= 15 is 0 Å². The summed E-state index contributed by atoms with van der Waals surface area (Å²) in [5, 5.41) is -0.126. The molecular weight excluding hydrogens is 480 g/mol. The van der Waals surface area contributed by atoms with Crippen LogP contribution in [0.5, 0.6) is 11.5 Å². The van der Waals surface area contributed by atoms with Crippen molar-refractivity contribution in [3.05, 3.63) is 114 Å². The van der Waals surface area contributed by atoms with Gasteiger partial charge in [-0.25, -0.2) is 0 Å². The fourth-order valence-electron chi connectivity index (χ4n) is 4.81. The van der Waals surface area contributed by atoms with E-state index in [4.69, 9.17) is 9.47 Å². The van der Waals surface area contributed by atoms with Gasteiger partial charge in [-0.15, -0.1) is 0 Å². The van der Waals surface area contributed by atoms with Crippen molar-refractivity contribution in [1.29, 1.82) is 0 Å². The minimum atomic E-state index is -0.606. The van der Waals surface area contributed by atoms with Gasteiger partial charge in [0.1, 0.15) is 0 Å². The molecule has 0 radical (unpaired) electrons. The lowest BCUT2D eigenvalue weighted by molar-refractivity contribution is 0.241. The molecule has 5 aromatic rings. The predicted molar refractivity (Wildman–Crippen MR) is 151 cm³/mol. The molecule has 0 saturated carbocycles. The Balaban J connectivity index is 2.02. The number of rotatable bonds is 6. The molecule has 0 spiro atoms. The first-order valence-corrected chi connectivity index (χ1v) is 12.5. The highest BCUT2D eigenvalue weighted by atomic mass is 16.5. The summed E-state index contributed by atoms with van der Waals surface area (Å²) in [7, 11) is 0. The van der Waals surface area contributed by atoms with Crippen LogP contribution in [0.2, 0.25) is 0 Å². The number of benzene rings is 5. The summed E-state index contributed by atoms with van der Waals surface area (Å²) in [6.45, 7) is 7.04. The Kier molecular flexibility index (Phi) is 6.41. The van der Waals surface area contributed by atoms with E-state index in [1.807, 2.05) is 6.07 Å². The van der Waals surface area contributed by atoms with E-state index in [-0.39, 0.29) is 50.3 Å². The first-order chi connectivity index (χ1) is 18.2. The summed E-state index contributed by atoms with van der Waals surface area (Å²) in [5.41, 5.74) is -0.900. The van der Waals surface area contributed by atoms with Gasteiger partial charge in [0.2, 0.25) is 10.9 Å². The summed E-state index contributed by atoms with van der Waals surface area (Å²) in [5.74, 6) is -0.204. The predicted octanol–water partition coefficient (Wildman–Crippen LogP) is 5.22. The summed E-state index contributed by atoms with van der Waals surface area (Å²) >= 11 is 0. The molecule has 0 saturated heterocycles. The summed E-state index contributed by atoms with van der Waals surface area (Å²) < 4.78 is 11.8. The second-order valence-electron chi connectivity index (χ2n) is 9.70. The molecule has 0 unspecified atom stereocenters. The van der Waals surface area contributed by atoms with E-state index < -0.39 is 27.8 Å². The number of hydrogen-bond acceptors (Lipinski definition) is 6. The monoisotopic (exact) mass is 506 g/mol. The Morgan fingerprint density at radius 3 is 1.34 bits per heavy atom. The van der Waals surface area contributed by atoms with Gasteiger partial charge in [0.15, 0.2) is 22.4 Å². The molecule has 38 heavy (non-hydrogen) atoms. The average Bonchev–Trinajstić information content (AvgIpc) is 2.90. The van der Waals surface area contributed by atoms with Crippen molar-refractivity contribution in [1.82, 2.24) is 0 Å². The van der Waals surface area contributed by atoms with E-state index in [0.717, 1.165) is 0 Å². The molecule has 0 heterocycles. The number of fused-ring (bicyclic) bond motifs is 3. The summed E-state index contributed by atoms with van der Waals surface area (Å²) in [6, 6.07) is 20.4. The third-order valence-corrected chi connectivity index (χ3v) is 6.30. The lowest BCUT2D eigenvalue weighted by Crippen LogP contribution is -2.25. The maximum absolute atomic E-state index is 14.1. The maximum Gasteiger partial charge on any atom is 0.229 e. The molecule has 0 atom stereocenters. The zero-order chi connectivity index (χ0) is 27.1. The quantitative estimate of drug-likeness (QED) is 0.294. The van der Waals surface area contributed by atoms with E-state index in [2.05, 4.69) is 0 Å². The molecule has 5 rings (SSSR count). The standard InChI is InChI=1S/C32H26O6/c1-17(2)37-31-24(20-13-9-6-10-14-20)29(35)25-22(28(31)34)16-15-21-26(25)30(36)32(38-18(3)4)23(27(21)33)19-11-7-5-8-12-19/h5-18H,1-4H3. The van der Waals surface area contributed by atoms with Crippen molar-refractivity contribution in [3.8, 4) is 33.8 Å². The second-order valence-corrected chi connectivity index (χ2v) is 9.70. The average molecular weight is 507 g/mol. The van der Waals surface area contributed by atoms with Crippen molar-refractivity contribution in [2.24, 2.45) is 0 Å². The first kappa shape index (κ1) is 25.1. The zero-order valence-electron chi connectivity index (χ0n) is 21.5. The SMILES string of the molecule is CC(C)Oc1c(-c2ccccc2)c(=O)c2c(ccc3c(=O)c(-c4ccccc4)c(OC(C)C)c(=O)c32)c1=O. The zero-order valence-corrected chi connectivity index (χ0v) is 21.5. The molecule has 0 aliphatic carbocycles. The van der Waals surface area contributed by atoms with Gasteiger partial charge in [0.25, 0.3) is 0 Å². The van der Waals surface area contributed by atoms with Crippen LogP contribution in [0, 0.1) is 0 Å². The molecule has 0 aliphatic rings. The van der Waals surface area contributed by atoms with Crippen LogP contribution in [-0.2, 0) is 0 Å². The van der Waals surface area contributed by atoms with Crippen molar-refractivity contribution in [2.45, 2.75) is 39.9 Å². The maximum atomic E-state index is 14.1. The van der Waals surface area contributed by atoms with Gasteiger partial charge in [0.05, 0.1) is 23.3 Å². The number of ether oxygens (including phenoxy) is 2. The fourth-order valence-corrected chi connectivity index (χ4v) is 4.81. The van der Waals surface area contributed by atoms with Crippen molar-refractivity contribution >= 4 is 21.5 Å². The largest absolute Gasteiger partial charge is 0.486 e. The molecule has 6 nitrogen and oxygen atoms in total. The van der Waals surface area contributed by atoms with Crippen molar-refractivity contribution in [2.75, 3.05) is 0 Å². The third-order valence-electron chi connectivity index (χ3n) is 6.30. The van der Waals surface area contributed by atoms with Crippen LogP contribution in [0.25, 0.3) is 43.8 Å². The van der Waals surface area contributed by atoms with Crippen LogP contribution >= 0.6 is 0 Å². The van der Waals surface area contributed by atoms with Gasteiger partial charge in [-0.2, -0.15) is 0 Å². The molecule has 0 aromatic heterocycles. The molecule has 190 valence electrons. The highest BCUT2D eigenvalue weighted by Crippen LogP contribution is 2.32. The topological polar surface area (TPSA) is 86.7 Å². The molecular formula is C32H26O6. The number of hydrogen-bond donors (Lipinski definition) is 0. The molecule has 0 amide bonds. The van der Waals surface area contributed by atoms with E-state index in [0.29, 0.717) is 11.1 Å². The van der Waals surface area contributed by atoms with Crippen molar-refractivity contribution in [3.63, 3.8) is 0 Å². The molecule has 5 aromatic carbocycles. The van der Waals surface area contributed by atoms with Gasteiger partial charge in [0, 0.05) is 21.5 Å². The second kappa shape index (κ2) is 9.71. The van der Waals surface area contributed by atoms with Gasteiger partial charge in [-0.1, -0.05) is 60.7 Å². The highest BCUT2D eigenvalue weighted by molar-refractivity contribution is 6.11. The van der Waals surface area contributed by atoms with Gasteiger partial charge >= 0.3 is 0 Å². The van der Waals surface area contributed by atoms with Gasteiger partial charge in [-0.3, -0.25) is 19.2 Å². The van der Waals surface area contributed by atoms with Crippen LogP contribution in [0.1, 0.15) is 27.7 Å². The van der Waals surface area contributed by atoms with Crippen LogP contribution in [-0.4, -0.2) is 12.2 Å². The summed E-state index contributed by atoms with van der Waals surface area (Å²) in [4.78, 5) is 55.8. The third kappa shape index (κ3) is 4.08.